The Hall–Kier alpha value is -2.77. The van der Waals surface area contributed by atoms with Crippen LogP contribution in [0.25, 0.3) is 0 Å². The van der Waals surface area contributed by atoms with E-state index in [0.717, 1.165) is 36.8 Å². The fourth-order valence-corrected chi connectivity index (χ4v) is 4.72. The number of benzene rings is 2. The molecule has 2 amide bonds. The van der Waals surface area contributed by atoms with Crippen LogP contribution in [-0.4, -0.2) is 43.5 Å². The molecule has 1 fully saturated rings. The standard InChI is InChI=1S/C28H38ClN3O4/c1-27(2,3)36-26(34)32-20-28(22-10-7-11-23(29)18-22)14-12-24(13-15-28)30-16-17-31-25(33)35-19-21-8-5-4-6-9-21/h4-11,18,24,30H,12-17,19-20H2,1-3H3,(H,31,33)(H,32,34)/t24-,28+. The number of amides is 2. The summed E-state index contributed by atoms with van der Waals surface area (Å²) in [6, 6.07) is 17.8. The van der Waals surface area contributed by atoms with E-state index in [1.165, 1.54) is 0 Å². The molecule has 0 unspecified atom stereocenters. The molecule has 0 aliphatic heterocycles. The van der Waals surface area contributed by atoms with Crippen molar-refractivity contribution in [3.8, 4) is 0 Å². The fraction of sp³-hybridized carbons (Fsp3) is 0.500. The molecule has 3 N–H and O–H groups in total. The van der Waals surface area contributed by atoms with Gasteiger partial charge in [0.15, 0.2) is 0 Å². The second-order valence-corrected chi connectivity index (χ2v) is 10.8. The second kappa shape index (κ2) is 13.0. The zero-order valence-electron chi connectivity index (χ0n) is 21.4. The maximum atomic E-state index is 12.3. The van der Waals surface area contributed by atoms with Gasteiger partial charge in [0, 0.05) is 36.1 Å². The summed E-state index contributed by atoms with van der Waals surface area (Å²) in [5.41, 5.74) is 1.33. The molecule has 1 aliphatic carbocycles. The monoisotopic (exact) mass is 515 g/mol. The molecule has 196 valence electrons. The average Bonchev–Trinajstić information content (AvgIpc) is 2.84. The van der Waals surface area contributed by atoms with Crippen LogP contribution in [0.4, 0.5) is 9.59 Å². The topological polar surface area (TPSA) is 88.7 Å². The Kier molecular flexibility index (Phi) is 10.0. The van der Waals surface area contributed by atoms with E-state index in [9.17, 15) is 9.59 Å². The summed E-state index contributed by atoms with van der Waals surface area (Å²) >= 11 is 6.30. The minimum absolute atomic E-state index is 0.209. The van der Waals surface area contributed by atoms with E-state index in [1.54, 1.807) is 0 Å². The fourth-order valence-electron chi connectivity index (χ4n) is 4.53. The molecule has 0 heterocycles. The number of rotatable bonds is 9. The van der Waals surface area contributed by atoms with Gasteiger partial charge in [-0.3, -0.25) is 0 Å². The first-order valence-electron chi connectivity index (χ1n) is 12.6. The van der Waals surface area contributed by atoms with Crippen LogP contribution in [0.5, 0.6) is 0 Å². The van der Waals surface area contributed by atoms with E-state index in [4.69, 9.17) is 21.1 Å². The number of ether oxygens (including phenoxy) is 2. The predicted molar refractivity (Wildman–Crippen MR) is 142 cm³/mol. The van der Waals surface area contributed by atoms with Gasteiger partial charge in [-0.2, -0.15) is 0 Å². The third kappa shape index (κ3) is 9.03. The van der Waals surface area contributed by atoms with Crippen molar-refractivity contribution in [2.24, 2.45) is 0 Å². The average molecular weight is 516 g/mol. The van der Waals surface area contributed by atoms with Crippen LogP contribution in [0.2, 0.25) is 5.02 Å². The lowest BCUT2D eigenvalue weighted by Crippen LogP contribution is -2.48. The Bertz CT molecular complexity index is 986. The Morgan fingerprint density at radius 1 is 0.972 bits per heavy atom. The zero-order valence-corrected chi connectivity index (χ0v) is 22.2. The van der Waals surface area contributed by atoms with E-state index in [2.05, 4.69) is 22.0 Å². The van der Waals surface area contributed by atoms with Crippen LogP contribution in [-0.2, 0) is 21.5 Å². The molecule has 0 saturated heterocycles. The highest BCUT2D eigenvalue weighted by molar-refractivity contribution is 6.30. The molecule has 8 heteroatoms. The maximum absolute atomic E-state index is 12.3. The summed E-state index contributed by atoms with van der Waals surface area (Å²) in [6.45, 7) is 7.46. The van der Waals surface area contributed by atoms with Crippen molar-refractivity contribution >= 4 is 23.8 Å². The summed E-state index contributed by atoms with van der Waals surface area (Å²) in [6.07, 6.45) is 2.86. The van der Waals surface area contributed by atoms with Gasteiger partial charge in [0.1, 0.15) is 12.2 Å². The van der Waals surface area contributed by atoms with Gasteiger partial charge in [-0.1, -0.05) is 54.1 Å². The largest absolute Gasteiger partial charge is 0.445 e. The predicted octanol–water partition coefficient (Wildman–Crippen LogP) is 5.56. The number of carbonyl (C=O) groups is 2. The van der Waals surface area contributed by atoms with Crippen LogP contribution in [0.1, 0.15) is 57.6 Å². The van der Waals surface area contributed by atoms with E-state index in [1.807, 2.05) is 69.3 Å². The van der Waals surface area contributed by atoms with Crippen molar-refractivity contribution in [1.82, 2.24) is 16.0 Å². The Labute approximate surface area is 219 Å². The number of hydrogen-bond acceptors (Lipinski definition) is 5. The Balaban J connectivity index is 1.45. The van der Waals surface area contributed by atoms with Crippen LogP contribution >= 0.6 is 11.6 Å². The van der Waals surface area contributed by atoms with Crippen molar-refractivity contribution < 1.29 is 19.1 Å². The molecule has 0 aromatic heterocycles. The normalized spacial score (nSPS) is 19.8. The molecule has 7 nitrogen and oxygen atoms in total. The van der Waals surface area contributed by atoms with Crippen molar-refractivity contribution in [2.45, 2.75) is 70.1 Å². The first kappa shape index (κ1) is 27.8. The van der Waals surface area contributed by atoms with Gasteiger partial charge in [-0.05, 0) is 69.7 Å². The van der Waals surface area contributed by atoms with Gasteiger partial charge >= 0.3 is 12.2 Å². The van der Waals surface area contributed by atoms with Gasteiger partial charge in [0.2, 0.25) is 0 Å². The highest BCUT2D eigenvalue weighted by atomic mass is 35.5. The molecule has 1 aliphatic rings. The zero-order chi connectivity index (χ0) is 26.0. The quantitative estimate of drug-likeness (QED) is 0.380. The third-order valence-corrected chi connectivity index (χ3v) is 6.62. The SMILES string of the molecule is CC(C)(C)OC(=O)NC[C@]1(c2cccc(Cl)c2)CC[C@@H](NCCNC(=O)OCc2ccccc2)CC1. The number of nitrogens with one attached hydrogen (secondary N) is 3. The Morgan fingerprint density at radius 3 is 2.36 bits per heavy atom. The molecule has 2 aromatic carbocycles. The van der Waals surface area contributed by atoms with Crippen molar-refractivity contribution in [3.63, 3.8) is 0 Å². The molecular weight excluding hydrogens is 478 g/mol. The molecule has 1 saturated carbocycles. The van der Waals surface area contributed by atoms with Gasteiger partial charge in [-0.25, -0.2) is 9.59 Å². The number of alkyl carbamates (subject to hydrolysis) is 2. The molecule has 0 bridgehead atoms. The van der Waals surface area contributed by atoms with Crippen LogP contribution in [0, 0.1) is 0 Å². The van der Waals surface area contributed by atoms with E-state index < -0.39 is 17.8 Å². The van der Waals surface area contributed by atoms with Crippen molar-refractivity contribution in [1.29, 1.82) is 0 Å². The summed E-state index contributed by atoms with van der Waals surface area (Å²) in [5, 5.41) is 10.0. The summed E-state index contributed by atoms with van der Waals surface area (Å²) in [7, 11) is 0. The van der Waals surface area contributed by atoms with Crippen LogP contribution < -0.4 is 16.0 Å². The van der Waals surface area contributed by atoms with Gasteiger partial charge < -0.3 is 25.4 Å². The van der Waals surface area contributed by atoms with Gasteiger partial charge in [-0.15, -0.1) is 0 Å². The molecule has 3 rings (SSSR count). The molecule has 0 spiro atoms. The number of carbonyl (C=O) groups excluding carboxylic acids is 2. The number of hydrogen-bond donors (Lipinski definition) is 3. The molecule has 0 atom stereocenters. The molecule has 0 radical (unpaired) electrons. The lowest BCUT2D eigenvalue weighted by molar-refractivity contribution is 0.0505. The van der Waals surface area contributed by atoms with Gasteiger partial charge in [0.05, 0.1) is 0 Å². The second-order valence-electron chi connectivity index (χ2n) is 10.4. The van der Waals surface area contributed by atoms with Crippen LogP contribution in [0.3, 0.4) is 0 Å². The van der Waals surface area contributed by atoms with E-state index in [0.29, 0.717) is 30.7 Å². The summed E-state index contributed by atoms with van der Waals surface area (Å²) in [5.74, 6) is 0. The molecule has 2 aromatic rings. The highest BCUT2D eigenvalue weighted by Crippen LogP contribution is 2.40. The third-order valence-electron chi connectivity index (χ3n) is 6.39. The molecular formula is C28H38ClN3O4. The first-order valence-corrected chi connectivity index (χ1v) is 12.9. The van der Waals surface area contributed by atoms with Crippen molar-refractivity contribution in [3.05, 3.63) is 70.7 Å². The van der Waals surface area contributed by atoms with E-state index in [-0.39, 0.29) is 12.0 Å². The lowest BCUT2D eigenvalue weighted by atomic mass is 9.68. The van der Waals surface area contributed by atoms with Gasteiger partial charge in [0.25, 0.3) is 0 Å². The first-order chi connectivity index (χ1) is 17.2. The summed E-state index contributed by atoms with van der Waals surface area (Å²) < 4.78 is 10.7. The Morgan fingerprint density at radius 2 is 1.69 bits per heavy atom. The minimum atomic E-state index is -0.545. The number of halogens is 1. The summed E-state index contributed by atoms with van der Waals surface area (Å²) in [4.78, 5) is 24.3. The minimum Gasteiger partial charge on any atom is -0.445 e. The smallest absolute Gasteiger partial charge is 0.407 e. The lowest BCUT2D eigenvalue weighted by Gasteiger charge is -2.41. The van der Waals surface area contributed by atoms with Crippen molar-refractivity contribution in [2.75, 3.05) is 19.6 Å². The molecule has 36 heavy (non-hydrogen) atoms. The van der Waals surface area contributed by atoms with E-state index >= 15 is 0 Å². The maximum Gasteiger partial charge on any atom is 0.407 e. The highest BCUT2D eigenvalue weighted by Gasteiger charge is 2.37. The van der Waals surface area contributed by atoms with Crippen LogP contribution in [0.15, 0.2) is 54.6 Å².